The normalized spacial score (nSPS) is 19.9. The highest BCUT2D eigenvalue weighted by atomic mass is 16.5. The molecule has 1 aliphatic heterocycles. The Labute approximate surface area is 134 Å². The van der Waals surface area contributed by atoms with Crippen LogP contribution in [0.1, 0.15) is 48.9 Å². The summed E-state index contributed by atoms with van der Waals surface area (Å²) in [6.45, 7) is 8.63. The molecule has 3 heterocycles. The van der Waals surface area contributed by atoms with Gasteiger partial charge in [-0.15, -0.1) is 0 Å². The topological polar surface area (TPSA) is 89.1 Å². The van der Waals surface area contributed by atoms with Crippen LogP contribution in [0, 0.1) is 0 Å². The number of ketones is 1. The number of nitrogens with zero attached hydrogens (tertiary/aromatic N) is 5. The lowest BCUT2D eigenvalue weighted by molar-refractivity contribution is 0.0993. The number of carbonyl (C=O) groups is 1. The molecule has 1 unspecified atom stereocenters. The molecule has 2 aromatic heterocycles. The molecule has 8 nitrogen and oxygen atoms in total. The second-order valence-corrected chi connectivity index (χ2v) is 6.83. The van der Waals surface area contributed by atoms with E-state index in [1.807, 2.05) is 27.8 Å². The van der Waals surface area contributed by atoms with Crippen LogP contribution < -0.4 is 5.32 Å². The van der Waals surface area contributed by atoms with Gasteiger partial charge in [-0.3, -0.25) is 14.4 Å². The highest BCUT2D eigenvalue weighted by Gasteiger charge is 2.28. The van der Waals surface area contributed by atoms with E-state index in [2.05, 4.69) is 25.5 Å². The van der Waals surface area contributed by atoms with Crippen molar-refractivity contribution < 1.29 is 9.32 Å². The Morgan fingerprint density at radius 3 is 2.87 bits per heavy atom. The Kier molecular flexibility index (Phi) is 4.03. The molecule has 0 spiro atoms. The molecule has 124 valence electrons. The molecule has 2 aromatic rings. The van der Waals surface area contributed by atoms with E-state index in [-0.39, 0.29) is 23.3 Å². The van der Waals surface area contributed by atoms with Crippen molar-refractivity contribution in [3.8, 4) is 0 Å². The first-order chi connectivity index (χ1) is 10.9. The third-order valence-corrected chi connectivity index (χ3v) is 3.98. The second-order valence-electron chi connectivity index (χ2n) is 6.83. The molecule has 0 aliphatic carbocycles. The van der Waals surface area contributed by atoms with E-state index in [1.54, 1.807) is 10.9 Å². The summed E-state index contributed by atoms with van der Waals surface area (Å²) in [4.78, 5) is 18.9. The van der Waals surface area contributed by atoms with Gasteiger partial charge in [0.2, 0.25) is 0 Å². The maximum Gasteiger partial charge on any atom is 0.299 e. The van der Waals surface area contributed by atoms with Crippen LogP contribution in [0.3, 0.4) is 0 Å². The first-order valence-electron chi connectivity index (χ1n) is 7.70. The molecule has 1 aliphatic rings. The average Bonchev–Trinajstić information content (AvgIpc) is 3.16. The Morgan fingerprint density at radius 2 is 2.22 bits per heavy atom. The number of hydrogen-bond donors (Lipinski definition) is 1. The van der Waals surface area contributed by atoms with Gasteiger partial charge in [0, 0.05) is 25.8 Å². The monoisotopic (exact) mass is 318 g/mol. The molecule has 1 fully saturated rings. The van der Waals surface area contributed by atoms with Crippen molar-refractivity contribution in [2.45, 2.75) is 32.4 Å². The lowest BCUT2D eigenvalue weighted by atomic mass is 10.1. The molecule has 8 heteroatoms. The number of rotatable bonds is 3. The third kappa shape index (κ3) is 3.18. The highest BCUT2D eigenvalue weighted by molar-refractivity contribution is 6.05. The van der Waals surface area contributed by atoms with Gasteiger partial charge >= 0.3 is 0 Å². The molecular formula is C15H22N6O2. The summed E-state index contributed by atoms with van der Waals surface area (Å²) in [5.74, 6) is 0.240. The molecule has 0 amide bonds. The molecule has 1 N–H and O–H groups in total. The summed E-state index contributed by atoms with van der Waals surface area (Å²) in [6.07, 6.45) is 3.24. The van der Waals surface area contributed by atoms with Crippen molar-refractivity contribution in [2.24, 2.45) is 0 Å². The fraction of sp³-hybridized carbons (Fsp3) is 0.600. The van der Waals surface area contributed by atoms with Crippen LogP contribution >= 0.6 is 0 Å². The summed E-state index contributed by atoms with van der Waals surface area (Å²) >= 11 is 0. The standard InChI is InChI=1S/C15H22N6O2/c1-15(2,3)21-9-10(7-17-21)12(22)14-18-13(19-23-14)11-8-16-5-6-20(11)4/h7,9,11,16H,5-6,8H2,1-4H3. The summed E-state index contributed by atoms with van der Waals surface area (Å²) in [6, 6.07) is 0.0198. The lowest BCUT2D eigenvalue weighted by Crippen LogP contribution is -2.44. The van der Waals surface area contributed by atoms with Crippen LogP contribution in [0.2, 0.25) is 0 Å². The predicted octanol–water partition coefficient (Wildman–Crippen LogP) is 0.828. The maximum absolute atomic E-state index is 12.5. The number of piperazine rings is 1. The fourth-order valence-electron chi connectivity index (χ4n) is 2.49. The quantitative estimate of drug-likeness (QED) is 0.838. The van der Waals surface area contributed by atoms with Crippen molar-refractivity contribution in [1.29, 1.82) is 0 Å². The largest absolute Gasteiger partial charge is 0.330 e. The number of carbonyl (C=O) groups excluding carboxylic acids is 1. The van der Waals surface area contributed by atoms with Crippen LogP contribution in [-0.2, 0) is 5.54 Å². The van der Waals surface area contributed by atoms with Gasteiger partial charge in [-0.2, -0.15) is 10.1 Å². The molecule has 0 saturated carbocycles. The SMILES string of the molecule is CN1CCNCC1c1noc(C(=O)c2cnn(C(C)(C)C)c2)n1. The molecule has 0 bridgehead atoms. The van der Waals surface area contributed by atoms with E-state index in [1.165, 1.54) is 6.20 Å². The molecule has 23 heavy (non-hydrogen) atoms. The molecule has 0 aromatic carbocycles. The first kappa shape index (κ1) is 15.8. The van der Waals surface area contributed by atoms with Crippen molar-refractivity contribution in [1.82, 2.24) is 30.1 Å². The van der Waals surface area contributed by atoms with Crippen LogP contribution in [0.15, 0.2) is 16.9 Å². The maximum atomic E-state index is 12.5. The Morgan fingerprint density at radius 1 is 1.43 bits per heavy atom. The third-order valence-electron chi connectivity index (χ3n) is 3.98. The van der Waals surface area contributed by atoms with Crippen molar-refractivity contribution >= 4 is 5.78 Å². The van der Waals surface area contributed by atoms with Gasteiger partial charge < -0.3 is 9.84 Å². The zero-order valence-corrected chi connectivity index (χ0v) is 13.9. The minimum Gasteiger partial charge on any atom is -0.330 e. The molecule has 1 atom stereocenters. The summed E-state index contributed by atoms with van der Waals surface area (Å²) in [7, 11) is 2.01. The summed E-state index contributed by atoms with van der Waals surface area (Å²) in [5.41, 5.74) is 0.264. The van der Waals surface area contributed by atoms with E-state index in [0.29, 0.717) is 11.4 Å². The van der Waals surface area contributed by atoms with Gasteiger partial charge in [-0.1, -0.05) is 5.16 Å². The molecule has 0 radical (unpaired) electrons. The summed E-state index contributed by atoms with van der Waals surface area (Å²) in [5, 5.41) is 11.5. The van der Waals surface area contributed by atoms with E-state index in [4.69, 9.17) is 4.52 Å². The van der Waals surface area contributed by atoms with E-state index < -0.39 is 0 Å². The minimum absolute atomic E-state index is 0.00688. The van der Waals surface area contributed by atoms with Gasteiger partial charge in [-0.25, -0.2) is 0 Å². The van der Waals surface area contributed by atoms with Gasteiger partial charge in [0.15, 0.2) is 5.82 Å². The smallest absolute Gasteiger partial charge is 0.299 e. The van der Waals surface area contributed by atoms with E-state index in [9.17, 15) is 4.79 Å². The van der Waals surface area contributed by atoms with Crippen LogP contribution in [0.4, 0.5) is 0 Å². The van der Waals surface area contributed by atoms with Gasteiger partial charge in [0.25, 0.3) is 11.7 Å². The number of hydrogen-bond acceptors (Lipinski definition) is 7. The Balaban J connectivity index is 1.80. The number of aromatic nitrogens is 4. The van der Waals surface area contributed by atoms with Gasteiger partial charge in [0.1, 0.15) is 0 Å². The zero-order valence-electron chi connectivity index (χ0n) is 13.9. The van der Waals surface area contributed by atoms with Crippen LogP contribution in [0.25, 0.3) is 0 Å². The van der Waals surface area contributed by atoms with E-state index in [0.717, 1.165) is 19.6 Å². The zero-order chi connectivity index (χ0) is 16.6. The first-order valence-corrected chi connectivity index (χ1v) is 7.70. The second kappa shape index (κ2) is 5.86. The Hall–Kier alpha value is -2.06. The minimum atomic E-state index is -0.300. The number of likely N-dealkylation sites (N-methyl/N-ethyl adjacent to an activating group) is 1. The van der Waals surface area contributed by atoms with Crippen molar-refractivity contribution in [3.05, 3.63) is 29.7 Å². The average molecular weight is 318 g/mol. The van der Waals surface area contributed by atoms with Gasteiger partial charge in [0.05, 0.1) is 23.3 Å². The lowest BCUT2D eigenvalue weighted by Gasteiger charge is -2.30. The van der Waals surface area contributed by atoms with Crippen LogP contribution in [0.5, 0.6) is 0 Å². The summed E-state index contributed by atoms with van der Waals surface area (Å²) < 4.78 is 6.92. The molecule has 3 rings (SSSR count). The molecular weight excluding hydrogens is 296 g/mol. The van der Waals surface area contributed by atoms with Crippen molar-refractivity contribution in [3.63, 3.8) is 0 Å². The molecule has 1 saturated heterocycles. The Bertz CT molecular complexity index is 699. The van der Waals surface area contributed by atoms with E-state index >= 15 is 0 Å². The van der Waals surface area contributed by atoms with Crippen molar-refractivity contribution in [2.75, 3.05) is 26.7 Å². The van der Waals surface area contributed by atoms with Crippen LogP contribution in [-0.4, -0.2) is 57.3 Å². The number of nitrogens with one attached hydrogen (secondary N) is 1. The van der Waals surface area contributed by atoms with Gasteiger partial charge in [-0.05, 0) is 27.8 Å². The fourth-order valence-corrected chi connectivity index (χ4v) is 2.49. The highest BCUT2D eigenvalue weighted by Crippen LogP contribution is 2.19. The predicted molar refractivity (Wildman–Crippen MR) is 83.2 cm³/mol.